The maximum absolute atomic E-state index is 14.3. The van der Waals surface area contributed by atoms with E-state index >= 15 is 0 Å². The van der Waals surface area contributed by atoms with E-state index in [1.54, 1.807) is 16.8 Å². The number of carbonyl (C=O) groups is 1. The molecule has 2 unspecified atom stereocenters. The number of fused-ring (bicyclic) bond motifs is 5. The number of hydrogen-bond donors (Lipinski definition) is 1. The van der Waals surface area contributed by atoms with Crippen molar-refractivity contribution in [2.45, 2.75) is 52.1 Å². The fraction of sp³-hybridized carbons (Fsp3) is 0.478. The van der Waals surface area contributed by atoms with E-state index in [-0.39, 0.29) is 29.7 Å². The molecule has 2 bridgehead atoms. The minimum Gasteiger partial charge on any atom is -0.349 e. The van der Waals surface area contributed by atoms with Gasteiger partial charge >= 0.3 is 0 Å². The number of halogens is 1. The molecule has 3 aromatic rings. The summed E-state index contributed by atoms with van der Waals surface area (Å²) in [6.07, 6.45) is 7.01. The van der Waals surface area contributed by atoms with Crippen LogP contribution in [0.4, 0.5) is 10.2 Å². The van der Waals surface area contributed by atoms with Crippen LogP contribution < -0.4 is 10.2 Å². The normalized spacial score (nSPS) is 23.8. The van der Waals surface area contributed by atoms with E-state index in [4.69, 9.17) is 4.98 Å². The number of anilines is 1. The van der Waals surface area contributed by atoms with Gasteiger partial charge in [-0.1, -0.05) is 20.8 Å². The van der Waals surface area contributed by atoms with Crippen LogP contribution in [-0.2, 0) is 6.42 Å². The first-order valence-electron chi connectivity index (χ1n) is 11.0. The van der Waals surface area contributed by atoms with Gasteiger partial charge in [-0.05, 0) is 48.8 Å². The molecule has 0 spiro atoms. The second-order valence-electron chi connectivity index (χ2n) is 9.17. The Kier molecular flexibility index (Phi) is 4.87. The van der Waals surface area contributed by atoms with Crippen molar-refractivity contribution in [1.29, 1.82) is 0 Å². The number of aromatic nitrogens is 4. The summed E-state index contributed by atoms with van der Waals surface area (Å²) in [6.45, 7) is 7.20. The highest BCUT2D eigenvalue weighted by atomic mass is 19.1. The topological polar surface area (TPSA) is 75.4 Å². The van der Waals surface area contributed by atoms with E-state index in [9.17, 15) is 9.18 Å². The molecular weight excluding hydrogens is 395 g/mol. The summed E-state index contributed by atoms with van der Waals surface area (Å²) in [7, 11) is 0. The zero-order valence-corrected chi connectivity index (χ0v) is 18.0. The Hall–Kier alpha value is -3.03. The van der Waals surface area contributed by atoms with E-state index in [1.807, 2.05) is 12.3 Å². The Balaban J connectivity index is 1.69. The van der Waals surface area contributed by atoms with Gasteiger partial charge in [0.25, 0.3) is 5.91 Å². The highest BCUT2D eigenvalue weighted by molar-refractivity contribution is 6.00. The predicted octanol–water partition coefficient (Wildman–Crippen LogP) is 3.55. The molecule has 162 valence electrons. The minimum absolute atomic E-state index is 0.00330. The number of rotatable bonds is 1. The number of nitrogens with one attached hydrogen (secondary N) is 1. The van der Waals surface area contributed by atoms with Crippen molar-refractivity contribution >= 4 is 17.4 Å². The number of hydrogen-bond acceptors (Lipinski definition) is 5. The average Bonchev–Trinajstić information content (AvgIpc) is 3.33. The lowest BCUT2D eigenvalue weighted by Crippen LogP contribution is -2.39. The Bertz CT molecular complexity index is 1140. The predicted molar refractivity (Wildman–Crippen MR) is 115 cm³/mol. The molecule has 7 nitrogen and oxygen atoms in total. The molecule has 5 heterocycles. The standard InChI is InChI=1S/C23H27FN6O/c1-13(2)18-4-5-19-16(9-15(24)10-25-19)20-8-14(3)12-29(20)21-6-7-30-22(28-21)17(11-26-30)23(31)27-18/h6-7,9-11,13-14,18,20H,4-5,8,12H2,1-3H3,(H,27,31)/t14?,18?,20-/m1/s1. The summed E-state index contributed by atoms with van der Waals surface area (Å²) in [5, 5.41) is 7.48. The molecule has 3 aromatic heterocycles. The lowest BCUT2D eigenvalue weighted by atomic mass is 9.93. The minimum atomic E-state index is -0.322. The Labute approximate surface area is 180 Å². The molecule has 1 amide bonds. The first-order valence-corrected chi connectivity index (χ1v) is 11.0. The zero-order valence-electron chi connectivity index (χ0n) is 18.0. The lowest BCUT2D eigenvalue weighted by Gasteiger charge is -2.28. The molecule has 2 aliphatic heterocycles. The van der Waals surface area contributed by atoms with Gasteiger partial charge in [0.2, 0.25) is 0 Å². The molecule has 8 heteroatoms. The number of aryl methyl sites for hydroxylation is 1. The van der Waals surface area contributed by atoms with Gasteiger partial charge in [0, 0.05) is 24.5 Å². The third kappa shape index (κ3) is 3.54. The smallest absolute Gasteiger partial charge is 0.256 e. The summed E-state index contributed by atoms with van der Waals surface area (Å²) in [5.41, 5.74) is 2.83. The SMILES string of the molecule is CC1C[C@@H]2c3cc(F)cnc3CCC(C(C)C)NC(=O)c3cnn4ccc(nc34)N2C1. The molecule has 2 aliphatic rings. The maximum Gasteiger partial charge on any atom is 0.256 e. The van der Waals surface area contributed by atoms with Gasteiger partial charge in [-0.25, -0.2) is 13.9 Å². The van der Waals surface area contributed by atoms with Crippen LogP contribution in [0.25, 0.3) is 5.65 Å². The quantitative estimate of drug-likeness (QED) is 0.649. The summed E-state index contributed by atoms with van der Waals surface area (Å²) >= 11 is 0. The van der Waals surface area contributed by atoms with Gasteiger partial charge in [0.15, 0.2) is 5.65 Å². The molecule has 31 heavy (non-hydrogen) atoms. The second kappa shape index (κ2) is 7.59. The molecule has 3 atom stereocenters. The van der Waals surface area contributed by atoms with Crippen molar-refractivity contribution in [3.05, 3.63) is 53.4 Å². The van der Waals surface area contributed by atoms with Crippen LogP contribution in [-0.4, -0.2) is 38.1 Å². The molecular formula is C23H27FN6O. The first-order chi connectivity index (χ1) is 14.9. The van der Waals surface area contributed by atoms with Crippen molar-refractivity contribution in [3.63, 3.8) is 0 Å². The Morgan fingerprint density at radius 1 is 1.29 bits per heavy atom. The van der Waals surface area contributed by atoms with Gasteiger partial charge in [-0.2, -0.15) is 5.10 Å². The van der Waals surface area contributed by atoms with Crippen LogP contribution in [0.15, 0.2) is 30.7 Å². The van der Waals surface area contributed by atoms with Crippen LogP contribution >= 0.6 is 0 Å². The highest BCUT2D eigenvalue weighted by Gasteiger charge is 2.34. The van der Waals surface area contributed by atoms with E-state index in [1.165, 1.54) is 6.20 Å². The molecule has 1 fully saturated rings. The Morgan fingerprint density at radius 2 is 2.13 bits per heavy atom. The van der Waals surface area contributed by atoms with Gasteiger partial charge in [-0.3, -0.25) is 9.78 Å². The summed E-state index contributed by atoms with van der Waals surface area (Å²) in [4.78, 5) is 24.6. The van der Waals surface area contributed by atoms with Crippen LogP contribution in [0.3, 0.4) is 0 Å². The molecule has 0 aromatic carbocycles. The molecule has 5 rings (SSSR count). The largest absolute Gasteiger partial charge is 0.349 e. The number of nitrogens with zero attached hydrogens (tertiary/aromatic N) is 5. The lowest BCUT2D eigenvalue weighted by molar-refractivity contribution is 0.0924. The number of carbonyl (C=O) groups excluding carboxylic acids is 1. The third-order valence-corrected chi connectivity index (χ3v) is 6.55. The van der Waals surface area contributed by atoms with Crippen LogP contribution in [0, 0.1) is 17.7 Å². The Morgan fingerprint density at radius 3 is 2.94 bits per heavy atom. The second-order valence-corrected chi connectivity index (χ2v) is 9.17. The number of amides is 1. The number of pyridine rings is 1. The molecule has 0 radical (unpaired) electrons. The molecule has 0 saturated carbocycles. The van der Waals surface area contributed by atoms with Crippen LogP contribution in [0.2, 0.25) is 0 Å². The summed E-state index contributed by atoms with van der Waals surface area (Å²) in [6, 6.07) is 3.50. The average molecular weight is 423 g/mol. The fourth-order valence-electron chi connectivity index (χ4n) is 4.86. The van der Waals surface area contributed by atoms with Gasteiger partial charge in [-0.15, -0.1) is 0 Å². The molecule has 0 aliphatic carbocycles. The summed E-state index contributed by atoms with van der Waals surface area (Å²) in [5.74, 6) is 0.953. The van der Waals surface area contributed by atoms with E-state index in [0.29, 0.717) is 23.5 Å². The summed E-state index contributed by atoms with van der Waals surface area (Å²) < 4.78 is 15.9. The highest BCUT2D eigenvalue weighted by Crippen LogP contribution is 2.40. The van der Waals surface area contributed by atoms with Crippen molar-refractivity contribution in [1.82, 2.24) is 24.9 Å². The van der Waals surface area contributed by atoms with Crippen molar-refractivity contribution in [2.24, 2.45) is 11.8 Å². The van der Waals surface area contributed by atoms with Crippen molar-refractivity contribution in [2.75, 3.05) is 11.4 Å². The third-order valence-electron chi connectivity index (χ3n) is 6.55. The van der Waals surface area contributed by atoms with Gasteiger partial charge < -0.3 is 10.2 Å². The van der Waals surface area contributed by atoms with E-state index < -0.39 is 0 Å². The fourth-order valence-corrected chi connectivity index (χ4v) is 4.86. The van der Waals surface area contributed by atoms with Crippen LogP contribution in [0.5, 0.6) is 0 Å². The van der Waals surface area contributed by atoms with E-state index in [0.717, 1.165) is 36.5 Å². The first kappa shape index (κ1) is 19.9. The van der Waals surface area contributed by atoms with Gasteiger partial charge in [0.05, 0.1) is 18.4 Å². The van der Waals surface area contributed by atoms with Crippen molar-refractivity contribution < 1.29 is 9.18 Å². The maximum atomic E-state index is 14.3. The monoisotopic (exact) mass is 422 g/mol. The molecule has 1 N–H and O–H groups in total. The zero-order chi connectivity index (χ0) is 21.7. The molecule has 1 saturated heterocycles. The van der Waals surface area contributed by atoms with Gasteiger partial charge in [0.1, 0.15) is 17.2 Å². The van der Waals surface area contributed by atoms with Crippen molar-refractivity contribution in [3.8, 4) is 0 Å². The van der Waals surface area contributed by atoms with Crippen LogP contribution in [0.1, 0.15) is 61.3 Å². The van der Waals surface area contributed by atoms with E-state index in [2.05, 4.69) is 41.1 Å².